The van der Waals surface area contributed by atoms with Gasteiger partial charge in [0.15, 0.2) is 0 Å². The quantitative estimate of drug-likeness (QED) is 0.814. The van der Waals surface area contributed by atoms with Crippen LogP contribution >= 0.6 is 0 Å². The standard InChI is InChI=1S/C8H10F3N3O/c1-14-5-4-12-6(14)2-3-13-7(15)8(9,10)11/h4-5H,2-3H2,1H3,(H,13,15). The first-order valence-electron chi connectivity index (χ1n) is 4.22. The Labute approximate surface area is 84.1 Å². The highest BCUT2D eigenvalue weighted by Crippen LogP contribution is 2.13. The minimum Gasteiger partial charge on any atom is -0.348 e. The monoisotopic (exact) mass is 221 g/mol. The Morgan fingerprint density at radius 1 is 1.60 bits per heavy atom. The third-order valence-electron chi connectivity index (χ3n) is 1.81. The van der Waals surface area contributed by atoms with Crippen molar-refractivity contribution in [2.75, 3.05) is 6.54 Å². The lowest BCUT2D eigenvalue weighted by Gasteiger charge is -2.07. The van der Waals surface area contributed by atoms with Crippen molar-refractivity contribution in [3.8, 4) is 0 Å². The number of aryl methyl sites for hydroxylation is 1. The first-order valence-corrected chi connectivity index (χ1v) is 4.22. The predicted molar refractivity (Wildman–Crippen MR) is 46.0 cm³/mol. The van der Waals surface area contributed by atoms with E-state index in [1.165, 1.54) is 0 Å². The summed E-state index contributed by atoms with van der Waals surface area (Å²) in [7, 11) is 1.73. The van der Waals surface area contributed by atoms with Crippen LogP contribution in [0, 0.1) is 0 Å². The van der Waals surface area contributed by atoms with E-state index in [9.17, 15) is 18.0 Å². The molecule has 1 aromatic heterocycles. The first kappa shape index (κ1) is 11.5. The molecule has 0 bridgehead atoms. The summed E-state index contributed by atoms with van der Waals surface area (Å²) in [6, 6.07) is 0. The van der Waals surface area contributed by atoms with E-state index in [-0.39, 0.29) is 13.0 Å². The Hall–Kier alpha value is -1.53. The van der Waals surface area contributed by atoms with E-state index in [0.717, 1.165) is 0 Å². The van der Waals surface area contributed by atoms with Gasteiger partial charge >= 0.3 is 12.1 Å². The van der Waals surface area contributed by atoms with Crippen molar-refractivity contribution in [2.24, 2.45) is 7.05 Å². The smallest absolute Gasteiger partial charge is 0.348 e. The van der Waals surface area contributed by atoms with Gasteiger partial charge in [-0.25, -0.2) is 4.98 Å². The number of aromatic nitrogens is 2. The number of hydrogen-bond donors (Lipinski definition) is 1. The zero-order chi connectivity index (χ0) is 11.5. The largest absolute Gasteiger partial charge is 0.471 e. The molecule has 7 heteroatoms. The average molecular weight is 221 g/mol. The molecule has 0 fully saturated rings. The van der Waals surface area contributed by atoms with Crippen LogP contribution in [0.15, 0.2) is 12.4 Å². The average Bonchev–Trinajstić information content (AvgIpc) is 2.50. The van der Waals surface area contributed by atoms with Crippen LogP contribution in [-0.4, -0.2) is 28.2 Å². The molecule has 1 heterocycles. The van der Waals surface area contributed by atoms with E-state index in [1.54, 1.807) is 29.3 Å². The van der Waals surface area contributed by atoms with Gasteiger partial charge in [-0.15, -0.1) is 0 Å². The fourth-order valence-corrected chi connectivity index (χ4v) is 1.03. The lowest BCUT2D eigenvalue weighted by molar-refractivity contribution is -0.173. The number of imidazole rings is 1. The minimum absolute atomic E-state index is 0.0802. The molecular formula is C8H10F3N3O. The molecule has 84 valence electrons. The Balaban J connectivity index is 2.35. The van der Waals surface area contributed by atoms with E-state index < -0.39 is 12.1 Å². The fraction of sp³-hybridized carbons (Fsp3) is 0.500. The molecule has 0 aliphatic heterocycles. The van der Waals surface area contributed by atoms with Gasteiger partial charge in [0.05, 0.1) is 0 Å². The van der Waals surface area contributed by atoms with E-state index in [4.69, 9.17) is 0 Å². The normalized spacial score (nSPS) is 11.5. The Bertz CT molecular complexity index is 345. The summed E-state index contributed by atoms with van der Waals surface area (Å²) in [5.74, 6) is -1.30. The zero-order valence-corrected chi connectivity index (χ0v) is 8.01. The molecule has 0 unspecified atom stereocenters. The molecule has 0 aromatic carbocycles. The second-order valence-corrected chi connectivity index (χ2v) is 2.96. The minimum atomic E-state index is -4.82. The van der Waals surface area contributed by atoms with Crippen molar-refractivity contribution in [1.29, 1.82) is 0 Å². The molecule has 4 nitrogen and oxygen atoms in total. The van der Waals surface area contributed by atoms with Crippen LogP contribution in [0.25, 0.3) is 0 Å². The summed E-state index contributed by atoms with van der Waals surface area (Å²) in [6.45, 7) is -0.0802. The Kier molecular flexibility index (Phi) is 3.33. The van der Waals surface area contributed by atoms with E-state index in [1.807, 2.05) is 0 Å². The van der Waals surface area contributed by atoms with Crippen LogP contribution in [0.1, 0.15) is 5.82 Å². The molecule has 0 aliphatic rings. The summed E-state index contributed by atoms with van der Waals surface area (Å²) < 4.78 is 37.0. The molecule has 1 aromatic rings. The SMILES string of the molecule is Cn1ccnc1CCNC(=O)C(F)(F)F. The van der Waals surface area contributed by atoms with Crippen LogP contribution < -0.4 is 5.32 Å². The maximum absolute atomic E-state index is 11.8. The van der Waals surface area contributed by atoms with Gasteiger partial charge in [-0.2, -0.15) is 13.2 Å². The van der Waals surface area contributed by atoms with Gasteiger partial charge in [-0.05, 0) is 0 Å². The number of nitrogens with one attached hydrogen (secondary N) is 1. The first-order chi connectivity index (χ1) is 6.91. The third-order valence-corrected chi connectivity index (χ3v) is 1.81. The number of carbonyl (C=O) groups is 1. The van der Waals surface area contributed by atoms with Crippen LogP contribution in [0.2, 0.25) is 0 Å². The third kappa shape index (κ3) is 3.26. The highest BCUT2D eigenvalue weighted by molar-refractivity contribution is 5.81. The van der Waals surface area contributed by atoms with Crippen LogP contribution in [0.3, 0.4) is 0 Å². The van der Waals surface area contributed by atoms with Crippen molar-refractivity contribution in [2.45, 2.75) is 12.6 Å². The van der Waals surface area contributed by atoms with Crippen molar-refractivity contribution >= 4 is 5.91 Å². The Morgan fingerprint density at radius 2 is 2.27 bits per heavy atom. The number of alkyl halides is 3. The summed E-state index contributed by atoms with van der Waals surface area (Å²) in [4.78, 5) is 14.3. The highest BCUT2D eigenvalue weighted by atomic mass is 19.4. The number of rotatable bonds is 3. The second kappa shape index (κ2) is 4.33. The number of carbonyl (C=O) groups excluding carboxylic acids is 1. The molecule has 1 rings (SSSR count). The van der Waals surface area contributed by atoms with Crippen LogP contribution in [-0.2, 0) is 18.3 Å². The van der Waals surface area contributed by atoms with E-state index >= 15 is 0 Å². The van der Waals surface area contributed by atoms with Crippen molar-refractivity contribution in [3.05, 3.63) is 18.2 Å². The van der Waals surface area contributed by atoms with Gasteiger partial charge in [0.1, 0.15) is 5.82 Å². The van der Waals surface area contributed by atoms with Crippen molar-refractivity contribution in [3.63, 3.8) is 0 Å². The molecule has 15 heavy (non-hydrogen) atoms. The molecule has 0 saturated carbocycles. The lowest BCUT2D eigenvalue weighted by atomic mass is 10.4. The maximum atomic E-state index is 11.8. The summed E-state index contributed by atoms with van der Waals surface area (Å²) >= 11 is 0. The van der Waals surface area contributed by atoms with Gasteiger partial charge < -0.3 is 9.88 Å². The highest BCUT2D eigenvalue weighted by Gasteiger charge is 2.38. The molecule has 1 amide bonds. The topological polar surface area (TPSA) is 46.9 Å². The summed E-state index contributed by atoms with van der Waals surface area (Å²) in [5.41, 5.74) is 0. The van der Waals surface area contributed by atoms with Crippen LogP contribution in [0.5, 0.6) is 0 Å². The van der Waals surface area contributed by atoms with E-state index in [2.05, 4.69) is 4.98 Å². The fourth-order valence-electron chi connectivity index (χ4n) is 1.03. The van der Waals surface area contributed by atoms with Crippen molar-refractivity contribution in [1.82, 2.24) is 14.9 Å². The van der Waals surface area contributed by atoms with Gasteiger partial charge in [0, 0.05) is 32.4 Å². The van der Waals surface area contributed by atoms with Gasteiger partial charge in [0.25, 0.3) is 0 Å². The lowest BCUT2D eigenvalue weighted by Crippen LogP contribution is -2.37. The predicted octanol–water partition coefficient (Wildman–Crippen LogP) is 0.641. The van der Waals surface area contributed by atoms with E-state index in [0.29, 0.717) is 5.82 Å². The molecule has 0 spiro atoms. The number of nitrogens with zero attached hydrogens (tertiary/aromatic N) is 2. The molecule has 1 N–H and O–H groups in total. The van der Waals surface area contributed by atoms with Gasteiger partial charge in [-0.1, -0.05) is 0 Å². The summed E-state index contributed by atoms with van der Waals surface area (Å²) in [5, 5.41) is 1.77. The number of hydrogen-bond acceptors (Lipinski definition) is 2. The molecule has 0 radical (unpaired) electrons. The Morgan fingerprint density at radius 3 is 2.73 bits per heavy atom. The molecule has 0 aliphatic carbocycles. The van der Waals surface area contributed by atoms with Crippen molar-refractivity contribution < 1.29 is 18.0 Å². The number of halogens is 3. The molecule has 0 saturated heterocycles. The molecule has 0 atom stereocenters. The van der Waals surface area contributed by atoms with Gasteiger partial charge in [-0.3, -0.25) is 4.79 Å². The molecular weight excluding hydrogens is 211 g/mol. The van der Waals surface area contributed by atoms with Gasteiger partial charge in [0.2, 0.25) is 0 Å². The maximum Gasteiger partial charge on any atom is 0.471 e. The number of amides is 1. The van der Waals surface area contributed by atoms with Crippen LogP contribution in [0.4, 0.5) is 13.2 Å². The second-order valence-electron chi connectivity index (χ2n) is 2.96. The summed E-state index contributed by atoms with van der Waals surface area (Å²) in [6.07, 6.45) is -1.32. The zero-order valence-electron chi connectivity index (χ0n) is 8.01.